The van der Waals surface area contributed by atoms with Gasteiger partial charge in [0.1, 0.15) is 0 Å². The molecule has 19 heavy (non-hydrogen) atoms. The average Bonchev–Trinajstić information content (AvgIpc) is 2.48. The van der Waals surface area contributed by atoms with Crippen LogP contribution in [0.3, 0.4) is 0 Å². The van der Waals surface area contributed by atoms with Gasteiger partial charge in [-0.3, -0.25) is 0 Å². The van der Waals surface area contributed by atoms with Crippen molar-refractivity contribution in [3.8, 4) is 0 Å². The molecule has 2 aromatic carbocycles. The molecule has 3 heteroatoms. The van der Waals surface area contributed by atoms with Crippen molar-refractivity contribution in [2.45, 2.75) is 12.8 Å². The highest BCUT2D eigenvalue weighted by Crippen LogP contribution is 2.01. The smallest absolute Gasteiger partial charge is 0.0894 e. The molecule has 0 spiro atoms. The van der Waals surface area contributed by atoms with Gasteiger partial charge in [0.2, 0.25) is 0 Å². The molecule has 0 atom stereocenters. The van der Waals surface area contributed by atoms with E-state index >= 15 is 0 Å². The van der Waals surface area contributed by atoms with E-state index in [1.54, 1.807) is 0 Å². The molecule has 2 rings (SSSR count). The number of hydrogen-bond acceptors (Lipinski definition) is 3. The van der Waals surface area contributed by atoms with Gasteiger partial charge in [0.15, 0.2) is 0 Å². The number of benzene rings is 2. The fraction of sp³-hybridized carbons (Fsp3) is 0.250. The van der Waals surface area contributed by atoms with Crippen LogP contribution in [0.15, 0.2) is 60.7 Å². The van der Waals surface area contributed by atoms with Crippen LogP contribution in [0.2, 0.25) is 0 Å². The van der Waals surface area contributed by atoms with Crippen molar-refractivity contribution in [3.63, 3.8) is 0 Å². The molecule has 100 valence electrons. The molecule has 0 unspecified atom stereocenters. The zero-order valence-corrected chi connectivity index (χ0v) is 10.8. The molecule has 0 bridgehead atoms. The number of rotatable bonds is 8. The van der Waals surface area contributed by atoms with Gasteiger partial charge in [0.05, 0.1) is 13.2 Å². The van der Waals surface area contributed by atoms with Gasteiger partial charge in [-0.1, -0.05) is 65.7 Å². The molecule has 0 aromatic heterocycles. The van der Waals surface area contributed by atoms with Crippen LogP contribution in [0.4, 0.5) is 0 Å². The summed E-state index contributed by atoms with van der Waals surface area (Å²) in [6.45, 7) is 0.963. The Labute approximate surface area is 113 Å². The molecule has 0 radical (unpaired) electrons. The van der Waals surface area contributed by atoms with Gasteiger partial charge < -0.3 is 0 Å². The van der Waals surface area contributed by atoms with Gasteiger partial charge in [0.25, 0.3) is 0 Å². The Hall–Kier alpha value is -1.68. The molecule has 0 aliphatic heterocycles. The van der Waals surface area contributed by atoms with E-state index in [-0.39, 0.29) is 0 Å². The topological polar surface area (TPSA) is 27.7 Å². The predicted molar refractivity (Wildman–Crippen MR) is 73.3 cm³/mol. The fourth-order valence-electron chi connectivity index (χ4n) is 1.71. The maximum atomic E-state index is 4.95. The van der Waals surface area contributed by atoms with E-state index in [9.17, 15) is 0 Å². The SMILES string of the molecule is c1ccc(CCOOOCCc2ccccc2)cc1. The van der Waals surface area contributed by atoms with Gasteiger partial charge in [0, 0.05) is 0 Å². The molecule has 0 aliphatic rings. The van der Waals surface area contributed by atoms with E-state index < -0.39 is 0 Å². The molecule has 0 aliphatic carbocycles. The van der Waals surface area contributed by atoms with Crippen LogP contribution in [0.25, 0.3) is 0 Å². The van der Waals surface area contributed by atoms with Crippen LogP contribution in [0.5, 0.6) is 0 Å². The second kappa shape index (κ2) is 8.43. The first-order valence-electron chi connectivity index (χ1n) is 6.44. The Morgan fingerprint density at radius 1 is 0.579 bits per heavy atom. The molecular weight excluding hydrogens is 240 g/mol. The fourth-order valence-corrected chi connectivity index (χ4v) is 1.71. The summed E-state index contributed by atoms with van der Waals surface area (Å²) in [6, 6.07) is 20.2. The van der Waals surface area contributed by atoms with Crippen molar-refractivity contribution in [3.05, 3.63) is 71.8 Å². The van der Waals surface area contributed by atoms with E-state index in [2.05, 4.69) is 29.3 Å². The third-order valence-corrected chi connectivity index (χ3v) is 2.73. The van der Waals surface area contributed by atoms with Gasteiger partial charge in [-0.15, -0.1) is 0 Å². The normalized spacial score (nSPS) is 10.5. The Balaban J connectivity index is 1.49. The minimum atomic E-state index is 0.481. The predicted octanol–water partition coefficient (Wildman–Crippen LogP) is 3.35. The standard InChI is InChI=1S/C16H18O3/c1-3-7-15(8-4-1)11-13-17-19-18-14-12-16-9-5-2-6-10-16/h1-10H,11-14H2. The van der Waals surface area contributed by atoms with Crippen LogP contribution < -0.4 is 0 Å². The lowest BCUT2D eigenvalue weighted by Gasteiger charge is -2.04. The lowest BCUT2D eigenvalue weighted by Crippen LogP contribution is -2.03. The molecule has 0 amide bonds. The Morgan fingerprint density at radius 2 is 1.00 bits per heavy atom. The molecule has 0 N–H and O–H groups in total. The van der Waals surface area contributed by atoms with Crippen molar-refractivity contribution < 1.29 is 14.8 Å². The first kappa shape index (κ1) is 13.7. The van der Waals surface area contributed by atoms with Crippen molar-refractivity contribution in [2.24, 2.45) is 0 Å². The molecule has 3 nitrogen and oxygen atoms in total. The van der Waals surface area contributed by atoms with Crippen LogP contribution in [-0.4, -0.2) is 13.2 Å². The van der Waals surface area contributed by atoms with Crippen molar-refractivity contribution >= 4 is 0 Å². The molecule has 2 aromatic rings. The summed E-state index contributed by atoms with van der Waals surface area (Å²) >= 11 is 0. The zero-order chi connectivity index (χ0) is 13.2. The van der Waals surface area contributed by atoms with E-state index in [4.69, 9.17) is 9.78 Å². The van der Waals surface area contributed by atoms with Crippen LogP contribution in [0.1, 0.15) is 11.1 Å². The van der Waals surface area contributed by atoms with Crippen molar-refractivity contribution in [1.82, 2.24) is 0 Å². The summed E-state index contributed by atoms with van der Waals surface area (Å²) in [5.41, 5.74) is 2.44. The molecular formula is C16H18O3. The van der Waals surface area contributed by atoms with E-state index in [0.29, 0.717) is 13.2 Å². The van der Waals surface area contributed by atoms with Gasteiger partial charge in [-0.25, -0.2) is 9.78 Å². The first-order chi connectivity index (χ1) is 9.45. The Kier molecular flexibility index (Phi) is 6.10. The minimum absolute atomic E-state index is 0.481. The lowest BCUT2D eigenvalue weighted by molar-refractivity contribution is -0.511. The molecule has 0 saturated carbocycles. The highest BCUT2D eigenvalue weighted by molar-refractivity contribution is 5.15. The summed E-state index contributed by atoms with van der Waals surface area (Å²) in [4.78, 5) is 9.91. The van der Waals surface area contributed by atoms with Crippen LogP contribution in [0, 0.1) is 0 Å². The van der Waals surface area contributed by atoms with E-state index in [1.165, 1.54) is 11.1 Å². The number of hydrogen-bond donors (Lipinski definition) is 0. The van der Waals surface area contributed by atoms with Crippen molar-refractivity contribution in [2.75, 3.05) is 13.2 Å². The highest BCUT2D eigenvalue weighted by Gasteiger charge is 1.95. The second-order valence-electron chi connectivity index (χ2n) is 4.18. The highest BCUT2D eigenvalue weighted by atomic mass is 17.5. The summed E-state index contributed by atoms with van der Waals surface area (Å²) in [5, 5.41) is 4.68. The van der Waals surface area contributed by atoms with Crippen LogP contribution in [-0.2, 0) is 27.7 Å². The minimum Gasteiger partial charge on any atom is -0.206 e. The van der Waals surface area contributed by atoms with Gasteiger partial charge in [-0.2, -0.15) is 0 Å². The third-order valence-electron chi connectivity index (χ3n) is 2.73. The second-order valence-corrected chi connectivity index (χ2v) is 4.18. The maximum absolute atomic E-state index is 4.95. The first-order valence-corrected chi connectivity index (χ1v) is 6.44. The third kappa shape index (κ3) is 5.66. The molecule has 0 heterocycles. The lowest BCUT2D eigenvalue weighted by atomic mass is 10.2. The summed E-state index contributed by atoms with van der Waals surface area (Å²) in [7, 11) is 0. The molecule has 0 fully saturated rings. The summed E-state index contributed by atoms with van der Waals surface area (Å²) in [6.07, 6.45) is 1.62. The Morgan fingerprint density at radius 3 is 1.42 bits per heavy atom. The van der Waals surface area contributed by atoms with Crippen LogP contribution >= 0.6 is 0 Å². The quantitative estimate of drug-likeness (QED) is 0.413. The summed E-state index contributed by atoms with van der Waals surface area (Å²) in [5.74, 6) is 0. The zero-order valence-electron chi connectivity index (χ0n) is 10.8. The average molecular weight is 258 g/mol. The van der Waals surface area contributed by atoms with Gasteiger partial charge >= 0.3 is 0 Å². The largest absolute Gasteiger partial charge is 0.206 e. The van der Waals surface area contributed by atoms with E-state index in [0.717, 1.165) is 12.8 Å². The van der Waals surface area contributed by atoms with Gasteiger partial charge in [-0.05, 0) is 24.0 Å². The Bertz CT molecular complexity index is 399. The van der Waals surface area contributed by atoms with E-state index in [1.807, 2.05) is 36.4 Å². The maximum Gasteiger partial charge on any atom is 0.0894 e. The monoisotopic (exact) mass is 258 g/mol. The van der Waals surface area contributed by atoms with Crippen molar-refractivity contribution in [1.29, 1.82) is 0 Å². The molecule has 0 saturated heterocycles. The summed E-state index contributed by atoms with van der Waals surface area (Å²) < 4.78 is 0.